The van der Waals surface area contributed by atoms with Crippen LogP contribution in [0, 0.1) is 12.3 Å². The number of β-amino-alcohol motifs (C(OH)–C–C–N with tert-alkyl or cyclic N) is 2. The lowest BCUT2D eigenvalue weighted by Crippen LogP contribution is -2.49. The number of aliphatic hydroxyl groups excluding tert-OH is 2. The number of carbonyl (C=O) groups excluding carboxylic acids is 1. The summed E-state index contributed by atoms with van der Waals surface area (Å²) in [6.45, 7) is 4.66. The zero-order valence-corrected chi connectivity index (χ0v) is 11.0. The van der Waals surface area contributed by atoms with E-state index in [0.717, 1.165) is 0 Å². The number of carbonyl (C=O) groups is 1. The van der Waals surface area contributed by atoms with Gasteiger partial charge in [-0.2, -0.15) is 0 Å². The Morgan fingerprint density at radius 3 is 2.28 bits per heavy atom. The highest BCUT2D eigenvalue weighted by Crippen LogP contribution is 2.14. The van der Waals surface area contributed by atoms with E-state index in [1.165, 1.54) is 0 Å². The number of hydrogen-bond donors (Lipinski definition) is 3. The molecular formula is C13H22N2O3. The van der Waals surface area contributed by atoms with E-state index in [9.17, 15) is 15.0 Å². The van der Waals surface area contributed by atoms with Crippen molar-refractivity contribution in [1.29, 1.82) is 0 Å². The van der Waals surface area contributed by atoms with Gasteiger partial charge in [-0.05, 0) is 12.8 Å². The summed E-state index contributed by atoms with van der Waals surface area (Å²) < 4.78 is 0. The number of amides is 1. The normalized spacial score (nSPS) is 24.8. The minimum atomic E-state index is -0.771. The molecule has 102 valence electrons. The Balaban J connectivity index is 2.50. The molecule has 5 nitrogen and oxygen atoms in total. The highest BCUT2D eigenvalue weighted by Gasteiger charge is 2.32. The number of hydrogen-bond acceptors (Lipinski definition) is 4. The molecule has 0 aromatic heterocycles. The van der Waals surface area contributed by atoms with E-state index in [2.05, 4.69) is 11.2 Å². The summed E-state index contributed by atoms with van der Waals surface area (Å²) >= 11 is 0. The summed E-state index contributed by atoms with van der Waals surface area (Å²) in [5.41, 5.74) is -0.589. The Kier molecular flexibility index (Phi) is 5.15. The molecule has 1 aliphatic heterocycles. The number of terminal acetylenes is 1. The molecule has 0 saturated carbocycles. The highest BCUT2D eigenvalue weighted by atomic mass is 16.3. The molecular weight excluding hydrogens is 232 g/mol. The van der Waals surface area contributed by atoms with Gasteiger partial charge < -0.3 is 15.5 Å². The van der Waals surface area contributed by atoms with Crippen molar-refractivity contribution in [2.75, 3.05) is 19.6 Å². The van der Waals surface area contributed by atoms with Crippen molar-refractivity contribution in [3.05, 3.63) is 0 Å². The van der Waals surface area contributed by atoms with Crippen molar-refractivity contribution in [3.63, 3.8) is 0 Å². The Morgan fingerprint density at radius 2 is 1.89 bits per heavy atom. The van der Waals surface area contributed by atoms with E-state index in [1.54, 1.807) is 4.90 Å². The second-order valence-corrected chi connectivity index (χ2v) is 4.81. The number of nitrogens with one attached hydrogen (secondary N) is 1. The maximum Gasteiger partial charge on any atom is 0.235 e. The first-order chi connectivity index (χ1) is 8.46. The third-order valence-corrected chi connectivity index (χ3v) is 3.56. The molecule has 1 amide bonds. The monoisotopic (exact) mass is 254 g/mol. The Hall–Kier alpha value is -1.09. The number of nitrogens with zero attached hydrogens (tertiary/aromatic N) is 1. The molecule has 3 N–H and O–H groups in total. The van der Waals surface area contributed by atoms with Crippen LogP contribution in [0.2, 0.25) is 0 Å². The molecule has 1 aliphatic rings. The summed E-state index contributed by atoms with van der Waals surface area (Å²) in [4.78, 5) is 13.6. The average molecular weight is 254 g/mol. The lowest BCUT2D eigenvalue weighted by atomic mass is 9.94. The van der Waals surface area contributed by atoms with Crippen LogP contribution in [0.15, 0.2) is 0 Å². The highest BCUT2D eigenvalue weighted by molar-refractivity contribution is 5.79. The summed E-state index contributed by atoms with van der Waals surface area (Å²) in [7, 11) is 0. The SMILES string of the molecule is C#CC(CC)(CC)NC(=O)CN1C[C@@H](O)[C@@H](O)C1. The molecule has 0 aliphatic carbocycles. The molecule has 1 fully saturated rings. The maximum absolute atomic E-state index is 11.9. The van der Waals surface area contributed by atoms with Crippen LogP contribution in [0.4, 0.5) is 0 Å². The smallest absolute Gasteiger partial charge is 0.235 e. The first kappa shape index (κ1) is 15.0. The van der Waals surface area contributed by atoms with Gasteiger partial charge in [0, 0.05) is 13.1 Å². The predicted octanol–water partition coefficient (Wildman–Crippen LogP) is -0.668. The van der Waals surface area contributed by atoms with E-state index >= 15 is 0 Å². The molecule has 1 saturated heterocycles. The summed E-state index contributed by atoms with van der Waals surface area (Å²) in [5.74, 6) is 2.47. The average Bonchev–Trinajstić information content (AvgIpc) is 2.65. The lowest BCUT2D eigenvalue weighted by molar-refractivity contribution is -0.123. The maximum atomic E-state index is 11.9. The Morgan fingerprint density at radius 1 is 1.39 bits per heavy atom. The van der Waals surface area contributed by atoms with Crippen LogP contribution >= 0.6 is 0 Å². The number of rotatable bonds is 5. The quantitative estimate of drug-likeness (QED) is 0.569. The van der Waals surface area contributed by atoms with Gasteiger partial charge in [-0.3, -0.25) is 9.69 Å². The lowest BCUT2D eigenvalue weighted by Gasteiger charge is -2.28. The fourth-order valence-corrected chi connectivity index (χ4v) is 2.15. The van der Waals surface area contributed by atoms with Crippen LogP contribution in [0.3, 0.4) is 0 Å². The standard InChI is InChI=1S/C13H22N2O3/c1-4-13(5-2,6-3)14-12(18)9-15-7-10(16)11(17)8-15/h1,10-11,16-17H,5-9H2,2-3H3,(H,14,18)/t10-,11+. The molecule has 0 aromatic rings. The molecule has 1 heterocycles. The van der Waals surface area contributed by atoms with Crippen molar-refractivity contribution < 1.29 is 15.0 Å². The van der Waals surface area contributed by atoms with Crippen molar-refractivity contribution >= 4 is 5.91 Å². The Bertz CT molecular complexity index is 324. The topological polar surface area (TPSA) is 72.8 Å². The van der Waals surface area contributed by atoms with Gasteiger partial charge in [0.2, 0.25) is 5.91 Å². The fourth-order valence-electron chi connectivity index (χ4n) is 2.15. The van der Waals surface area contributed by atoms with Gasteiger partial charge in [0.15, 0.2) is 0 Å². The zero-order valence-electron chi connectivity index (χ0n) is 11.0. The van der Waals surface area contributed by atoms with Gasteiger partial charge in [-0.25, -0.2) is 0 Å². The third-order valence-electron chi connectivity index (χ3n) is 3.56. The summed E-state index contributed by atoms with van der Waals surface area (Å²) in [5, 5.41) is 21.6. The largest absolute Gasteiger partial charge is 0.389 e. The van der Waals surface area contributed by atoms with E-state index in [0.29, 0.717) is 25.9 Å². The van der Waals surface area contributed by atoms with Gasteiger partial charge in [-0.1, -0.05) is 19.8 Å². The van der Waals surface area contributed by atoms with Crippen molar-refractivity contribution in [2.24, 2.45) is 0 Å². The van der Waals surface area contributed by atoms with E-state index < -0.39 is 17.7 Å². The van der Waals surface area contributed by atoms with Gasteiger partial charge in [-0.15, -0.1) is 6.42 Å². The number of aliphatic hydroxyl groups is 2. The van der Waals surface area contributed by atoms with Crippen molar-refractivity contribution in [1.82, 2.24) is 10.2 Å². The van der Waals surface area contributed by atoms with Gasteiger partial charge >= 0.3 is 0 Å². The molecule has 18 heavy (non-hydrogen) atoms. The molecule has 0 radical (unpaired) electrons. The van der Waals surface area contributed by atoms with Crippen LogP contribution in [0.1, 0.15) is 26.7 Å². The van der Waals surface area contributed by atoms with E-state index in [1.807, 2.05) is 13.8 Å². The molecule has 0 bridgehead atoms. The molecule has 2 atom stereocenters. The first-order valence-electron chi connectivity index (χ1n) is 6.33. The summed E-state index contributed by atoms with van der Waals surface area (Å²) in [6, 6.07) is 0. The van der Waals surface area contributed by atoms with Crippen molar-refractivity contribution in [2.45, 2.75) is 44.4 Å². The molecule has 1 rings (SSSR count). The zero-order chi connectivity index (χ0) is 13.8. The second-order valence-electron chi connectivity index (χ2n) is 4.81. The third kappa shape index (κ3) is 3.45. The van der Waals surface area contributed by atoms with Crippen LogP contribution < -0.4 is 5.32 Å². The minimum absolute atomic E-state index is 0.150. The van der Waals surface area contributed by atoms with Crippen LogP contribution in [0.25, 0.3) is 0 Å². The Labute approximate surface area is 108 Å². The predicted molar refractivity (Wildman–Crippen MR) is 68.7 cm³/mol. The first-order valence-corrected chi connectivity index (χ1v) is 6.33. The minimum Gasteiger partial charge on any atom is -0.389 e. The van der Waals surface area contributed by atoms with Gasteiger partial charge in [0.1, 0.15) is 5.54 Å². The fraction of sp³-hybridized carbons (Fsp3) is 0.769. The van der Waals surface area contributed by atoms with Gasteiger partial charge in [0.25, 0.3) is 0 Å². The molecule has 5 heteroatoms. The molecule has 0 aromatic carbocycles. The molecule has 0 spiro atoms. The van der Waals surface area contributed by atoms with E-state index in [4.69, 9.17) is 6.42 Å². The van der Waals surface area contributed by atoms with E-state index in [-0.39, 0.29) is 12.5 Å². The second kappa shape index (κ2) is 6.19. The molecule has 0 unspecified atom stereocenters. The van der Waals surface area contributed by atoms with Crippen LogP contribution in [-0.4, -0.2) is 58.4 Å². The van der Waals surface area contributed by atoms with Crippen LogP contribution in [0.5, 0.6) is 0 Å². The summed E-state index contributed by atoms with van der Waals surface area (Å²) in [6.07, 6.45) is 5.28. The van der Waals surface area contributed by atoms with Gasteiger partial charge in [0.05, 0.1) is 18.8 Å². The van der Waals surface area contributed by atoms with Crippen LogP contribution in [-0.2, 0) is 4.79 Å². The number of likely N-dealkylation sites (tertiary alicyclic amines) is 1. The van der Waals surface area contributed by atoms with Crippen molar-refractivity contribution in [3.8, 4) is 12.3 Å².